The van der Waals surface area contributed by atoms with Crippen LogP contribution in [0.15, 0.2) is 36.4 Å². The molecule has 0 saturated carbocycles. The summed E-state index contributed by atoms with van der Waals surface area (Å²) in [5.41, 5.74) is 2.58. The van der Waals surface area contributed by atoms with Crippen LogP contribution in [0.3, 0.4) is 0 Å². The van der Waals surface area contributed by atoms with Gasteiger partial charge in [0.15, 0.2) is 11.5 Å². The van der Waals surface area contributed by atoms with Crippen LogP contribution in [0.4, 0.5) is 5.69 Å². The summed E-state index contributed by atoms with van der Waals surface area (Å²) in [6.45, 7) is 8.71. The molecule has 2 aromatic rings. The van der Waals surface area contributed by atoms with Gasteiger partial charge in [-0.15, -0.1) is 0 Å². The number of aliphatic hydroxyl groups excluding tert-OH is 1. The summed E-state index contributed by atoms with van der Waals surface area (Å²) in [5, 5.41) is 10.1. The smallest absolute Gasteiger partial charge is 0.258 e. The lowest BCUT2D eigenvalue weighted by Gasteiger charge is -2.36. The van der Waals surface area contributed by atoms with Crippen molar-refractivity contribution in [1.82, 2.24) is 9.80 Å². The molecule has 2 heterocycles. The minimum absolute atomic E-state index is 0.0235. The SMILES string of the molecule is C[C@@H]1CCCCO[C@@H](CN(C)Cc2ccc3c(c2)OCO3)[C@@H](C)CN([C@H](C)CO)C(=O)c2cc(N(C)C)ccc2O1. The van der Waals surface area contributed by atoms with E-state index in [0.717, 1.165) is 48.6 Å². The van der Waals surface area contributed by atoms with Crippen molar-refractivity contribution in [1.29, 1.82) is 0 Å². The molecule has 0 saturated heterocycles. The van der Waals surface area contributed by atoms with Crippen LogP contribution < -0.4 is 19.1 Å². The predicted molar refractivity (Wildman–Crippen MR) is 160 cm³/mol. The van der Waals surface area contributed by atoms with Gasteiger partial charge in [0.1, 0.15) is 5.75 Å². The minimum Gasteiger partial charge on any atom is -0.490 e. The van der Waals surface area contributed by atoms with Crippen LogP contribution in [-0.2, 0) is 11.3 Å². The number of hydrogen-bond donors (Lipinski definition) is 1. The van der Waals surface area contributed by atoms with Crippen molar-refractivity contribution < 1.29 is 28.8 Å². The number of rotatable bonds is 7. The molecule has 2 aliphatic heterocycles. The Bertz CT molecular complexity index is 1160. The van der Waals surface area contributed by atoms with Gasteiger partial charge in [-0.1, -0.05) is 13.0 Å². The van der Waals surface area contributed by atoms with Crippen LogP contribution >= 0.6 is 0 Å². The van der Waals surface area contributed by atoms with E-state index in [-0.39, 0.29) is 43.5 Å². The fourth-order valence-corrected chi connectivity index (χ4v) is 5.37. The number of carbonyl (C=O) groups is 1. The van der Waals surface area contributed by atoms with E-state index in [1.54, 1.807) is 4.90 Å². The highest BCUT2D eigenvalue weighted by Gasteiger charge is 2.30. The van der Waals surface area contributed by atoms with Crippen LogP contribution in [0.1, 0.15) is 56.0 Å². The standard InChI is InChI=1S/C32H47N3O6/c1-22-17-35(23(2)20-36)32(37)27-16-26(33(4)5)11-13-28(27)41-24(3)9-7-8-14-38-31(22)19-34(6)18-25-10-12-29-30(15-25)40-21-39-29/h10-13,15-16,22-24,31,36H,7-9,14,17-21H2,1-6H3/t22-,23+,24+,31-/m0/s1. The largest absolute Gasteiger partial charge is 0.490 e. The molecule has 2 aromatic carbocycles. The number of carbonyl (C=O) groups excluding carboxylic acids is 1. The third-order valence-electron chi connectivity index (χ3n) is 7.93. The average molecular weight is 570 g/mol. The van der Waals surface area contributed by atoms with Crippen molar-refractivity contribution in [2.75, 3.05) is 59.1 Å². The van der Waals surface area contributed by atoms with Crippen LogP contribution in [0.5, 0.6) is 17.2 Å². The molecular formula is C32H47N3O6. The number of amides is 1. The molecule has 226 valence electrons. The summed E-state index contributed by atoms with van der Waals surface area (Å²) in [6, 6.07) is 11.5. The minimum atomic E-state index is -0.363. The summed E-state index contributed by atoms with van der Waals surface area (Å²) < 4.78 is 23.8. The molecule has 0 unspecified atom stereocenters. The van der Waals surface area contributed by atoms with Crippen LogP contribution in [0.2, 0.25) is 0 Å². The highest BCUT2D eigenvalue weighted by Crippen LogP contribution is 2.33. The van der Waals surface area contributed by atoms with Crippen molar-refractivity contribution >= 4 is 11.6 Å². The predicted octanol–water partition coefficient (Wildman–Crippen LogP) is 4.41. The van der Waals surface area contributed by atoms with Gasteiger partial charge in [0.2, 0.25) is 6.79 Å². The molecule has 41 heavy (non-hydrogen) atoms. The van der Waals surface area contributed by atoms with Gasteiger partial charge in [0.05, 0.1) is 30.4 Å². The lowest BCUT2D eigenvalue weighted by atomic mass is 10.0. The first-order valence-electron chi connectivity index (χ1n) is 14.7. The summed E-state index contributed by atoms with van der Waals surface area (Å²) in [4.78, 5) is 20.1. The Morgan fingerprint density at radius 1 is 1.02 bits per heavy atom. The van der Waals surface area contributed by atoms with Gasteiger partial charge >= 0.3 is 0 Å². The zero-order valence-electron chi connectivity index (χ0n) is 25.5. The van der Waals surface area contributed by atoms with Gasteiger partial charge < -0.3 is 33.9 Å². The lowest BCUT2D eigenvalue weighted by molar-refractivity contribution is -0.0177. The Morgan fingerprint density at radius 3 is 2.54 bits per heavy atom. The zero-order chi connectivity index (χ0) is 29.5. The monoisotopic (exact) mass is 569 g/mol. The van der Waals surface area contributed by atoms with Crippen LogP contribution in [0.25, 0.3) is 0 Å². The number of hydrogen-bond acceptors (Lipinski definition) is 8. The number of anilines is 1. The van der Waals surface area contributed by atoms with Gasteiger partial charge in [0, 0.05) is 51.9 Å². The molecule has 9 nitrogen and oxygen atoms in total. The van der Waals surface area contributed by atoms with Crippen molar-refractivity contribution in [3.05, 3.63) is 47.5 Å². The molecule has 0 aliphatic carbocycles. The van der Waals surface area contributed by atoms with Gasteiger partial charge in [-0.25, -0.2) is 0 Å². The summed E-state index contributed by atoms with van der Waals surface area (Å²) in [7, 11) is 6.00. The summed E-state index contributed by atoms with van der Waals surface area (Å²) >= 11 is 0. The quantitative estimate of drug-likeness (QED) is 0.525. The maximum absolute atomic E-state index is 14.1. The number of aliphatic hydroxyl groups is 1. The first-order valence-corrected chi connectivity index (χ1v) is 14.7. The molecule has 2 aliphatic rings. The van der Waals surface area contributed by atoms with Gasteiger partial charge in [-0.3, -0.25) is 9.69 Å². The second kappa shape index (κ2) is 14.2. The molecule has 0 spiro atoms. The molecular weight excluding hydrogens is 522 g/mol. The highest BCUT2D eigenvalue weighted by molar-refractivity contribution is 5.98. The van der Waals surface area contributed by atoms with Gasteiger partial charge in [-0.2, -0.15) is 0 Å². The second-order valence-electron chi connectivity index (χ2n) is 11.8. The van der Waals surface area contributed by atoms with Gasteiger partial charge in [-0.05, 0) is 76.1 Å². The van der Waals surface area contributed by atoms with Crippen molar-refractivity contribution in [2.24, 2.45) is 5.92 Å². The Kier molecular flexibility index (Phi) is 10.8. The van der Waals surface area contributed by atoms with Crippen molar-refractivity contribution in [3.63, 3.8) is 0 Å². The molecule has 0 aromatic heterocycles. The Morgan fingerprint density at radius 2 is 1.78 bits per heavy atom. The number of ether oxygens (including phenoxy) is 4. The van der Waals surface area contributed by atoms with E-state index in [9.17, 15) is 9.90 Å². The first kappa shape index (κ1) is 30.9. The van der Waals surface area contributed by atoms with E-state index in [2.05, 4.69) is 24.9 Å². The fourth-order valence-electron chi connectivity index (χ4n) is 5.37. The van der Waals surface area contributed by atoms with Crippen LogP contribution in [0, 0.1) is 5.92 Å². The summed E-state index contributed by atoms with van der Waals surface area (Å²) in [6.07, 6.45) is 2.64. The third-order valence-corrected chi connectivity index (χ3v) is 7.93. The highest BCUT2D eigenvalue weighted by atomic mass is 16.7. The normalized spacial score (nSPS) is 22.6. The lowest BCUT2D eigenvalue weighted by Crippen LogP contribution is -2.47. The van der Waals surface area contributed by atoms with E-state index in [1.807, 2.05) is 63.2 Å². The fraction of sp³-hybridized carbons (Fsp3) is 0.594. The average Bonchev–Trinajstić information content (AvgIpc) is 3.42. The molecule has 4 rings (SSSR count). The number of likely N-dealkylation sites (N-methyl/N-ethyl adjacent to an activating group) is 1. The molecule has 4 atom stereocenters. The second-order valence-corrected chi connectivity index (χ2v) is 11.8. The first-order chi connectivity index (χ1) is 19.7. The van der Waals surface area contributed by atoms with E-state index in [4.69, 9.17) is 18.9 Å². The number of fused-ring (bicyclic) bond motifs is 2. The molecule has 0 bridgehead atoms. The van der Waals surface area contributed by atoms with E-state index in [0.29, 0.717) is 31.0 Å². The van der Waals surface area contributed by atoms with E-state index < -0.39 is 0 Å². The third kappa shape index (κ3) is 8.05. The van der Waals surface area contributed by atoms with E-state index in [1.165, 1.54) is 0 Å². The Hall–Kier alpha value is -3.01. The Labute approximate surface area is 244 Å². The van der Waals surface area contributed by atoms with Crippen molar-refractivity contribution in [2.45, 2.75) is 64.8 Å². The van der Waals surface area contributed by atoms with Crippen LogP contribution in [-0.4, -0.2) is 93.3 Å². The molecule has 0 radical (unpaired) electrons. The van der Waals surface area contributed by atoms with E-state index >= 15 is 0 Å². The Balaban J connectivity index is 1.57. The molecule has 1 N–H and O–H groups in total. The van der Waals surface area contributed by atoms with Gasteiger partial charge in [0.25, 0.3) is 5.91 Å². The molecule has 9 heteroatoms. The zero-order valence-corrected chi connectivity index (χ0v) is 25.5. The topological polar surface area (TPSA) is 83.9 Å². The number of benzene rings is 2. The number of nitrogens with zero attached hydrogens (tertiary/aromatic N) is 3. The molecule has 0 fully saturated rings. The van der Waals surface area contributed by atoms with Crippen molar-refractivity contribution in [3.8, 4) is 17.2 Å². The maximum Gasteiger partial charge on any atom is 0.258 e. The molecule has 1 amide bonds. The maximum atomic E-state index is 14.1. The summed E-state index contributed by atoms with van der Waals surface area (Å²) in [5.74, 6) is 2.02.